The Bertz CT molecular complexity index is 763. The highest BCUT2D eigenvalue weighted by Gasteiger charge is 2.35. The van der Waals surface area contributed by atoms with Crippen molar-refractivity contribution in [3.8, 4) is 5.75 Å². The summed E-state index contributed by atoms with van der Waals surface area (Å²) in [6.07, 6.45) is 0.801. The summed E-state index contributed by atoms with van der Waals surface area (Å²) in [7, 11) is 0. The number of hydrogen-bond acceptors (Lipinski definition) is 2. The van der Waals surface area contributed by atoms with Crippen molar-refractivity contribution in [2.75, 3.05) is 0 Å². The fourth-order valence-electron chi connectivity index (χ4n) is 3.07. The Labute approximate surface area is 134 Å². The number of H-pyrrole nitrogens is 1. The second-order valence-corrected chi connectivity index (χ2v) is 6.89. The van der Waals surface area contributed by atoms with E-state index in [1.807, 2.05) is 0 Å². The number of rotatable bonds is 2. The molecule has 1 heterocycles. The minimum Gasteiger partial charge on any atom is -0.507 e. The summed E-state index contributed by atoms with van der Waals surface area (Å²) >= 11 is 3.33. The standard InChI is InChI=1S/C16H16BrF2NO2/c17-10-1-2-13-11(8-10)14(21)12(15(22)20-13)7-9-3-5-16(18,19)6-4-9/h1-2,8-9H,3-7H2,(H2,20,21,22). The SMILES string of the molecule is O=c1[nH]c2ccc(Br)cc2c(O)c1CC1CCC(F)(F)CC1. The summed E-state index contributed by atoms with van der Waals surface area (Å²) in [4.78, 5) is 14.9. The summed E-state index contributed by atoms with van der Waals surface area (Å²) in [5.41, 5.74) is 0.509. The lowest BCUT2D eigenvalue weighted by Gasteiger charge is -2.28. The van der Waals surface area contributed by atoms with E-state index in [0.29, 0.717) is 35.7 Å². The van der Waals surface area contributed by atoms with E-state index >= 15 is 0 Å². The zero-order valence-corrected chi connectivity index (χ0v) is 13.4. The number of pyridine rings is 1. The Morgan fingerprint density at radius 2 is 2.00 bits per heavy atom. The van der Waals surface area contributed by atoms with Crippen LogP contribution < -0.4 is 5.56 Å². The molecule has 0 radical (unpaired) electrons. The molecule has 0 saturated heterocycles. The molecular formula is C16H16BrF2NO2. The number of aromatic hydroxyl groups is 1. The molecule has 3 nitrogen and oxygen atoms in total. The van der Waals surface area contributed by atoms with Gasteiger partial charge in [-0.3, -0.25) is 4.79 Å². The van der Waals surface area contributed by atoms with Gasteiger partial charge in [0.25, 0.3) is 5.56 Å². The van der Waals surface area contributed by atoms with Crippen LogP contribution in [-0.2, 0) is 6.42 Å². The Hall–Kier alpha value is -1.43. The maximum Gasteiger partial charge on any atom is 0.255 e. The first-order valence-electron chi connectivity index (χ1n) is 7.27. The van der Waals surface area contributed by atoms with Crippen molar-refractivity contribution in [2.45, 2.75) is 38.0 Å². The van der Waals surface area contributed by atoms with Crippen molar-refractivity contribution in [1.29, 1.82) is 0 Å². The highest BCUT2D eigenvalue weighted by Crippen LogP contribution is 2.38. The van der Waals surface area contributed by atoms with Gasteiger partial charge >= 0.3 is 0 Å². The molecule has 0 aliphatic heterocycles. The first kappa shape index (κ1) is 15.5. The highest BCUT2D eigenvalue weighted by atomic mass is 79.9. The lowest BCUT2D eigenvalue weighted by molar-refractivity contribution is -0.0456. The topological polar surface area (TPSA) is 53.1 Å². The molecule has 3 rings (SSSR count). The number of halogens is 3. The van der Waals surface area contributed by atoms with Crippen molar-refractivity contribution < 1.29 is 13.9 Å². The van der Waals surface area contributed by atoms with Gasteiger partial charge in [-0.25, -0.2) is 8.78 Å². The van der Waals surface area contributed by atoms with Gasteiger partial charge in [0, 0.05) is 22.7 Å². The number of fused-ring (bicyclic) bond motifs is 1. The van der Waals surface area contributed by atoms with E-state index in [1.54, 1.807) is 18.2 Å². The van der Waals surface area contributed by atoms with Crippen LogP contribution in [0, 0.1) is 5.92 Å². The normalized spacial score (nSPS) is 18.7. The fraction of sp³-hybridized carbons (Fsp3) is 0.438. The van der Waals surface area contributed by atoms with Crippen LogP contribution in [0.2, 0.25) is 0 Å². The van der Waals surface area contributed by atoms with Crippen molar-refractivity contribution >= 4 is 26.8 Å². The van der Waals surface area contributed by atoms with E-state index in [9.17, 15) is 18.7 Å². The molecule has 0 bridgehead atoms. The van der Waals surface area contributed by atoms with Gasteiger partial charge in [-0.2, -0.15) is 0 Å². The minimum absolute atomic E-state index is 0.0104. The molecule has 1 aromatic heterocycles. The van der Waals surface area contributed by atoms with Crippen LogP contribution in [0.25, 0.3) is 10.9 Å². The van der Waals surface area contributed by atoms with Crippen LogP contribution in [0.15, 0.2) is 27.5 Å². The molecule has 0 atom stereocenters. The smallest absolute Gasteiger partial charge is 0.255 e. The van der Waals surface area contributed by atoms with Gasteiger partial charge in [0.15, 0.2) is 0 Å². The van der Waals surface area contributed by atoms with Gasteiger partial charge < -0.3 is 10.1 Å². The molecule has 0 unspecified atom stereocenters. The van der Waals surface area contributed by atoms with Crippen molar-refractivity contribution in [3.63, 3.8) is 0 Å². The largest absolute Gasteiger partial charge is 0.507 e. The van der Waals surface area contributed by atoms with Crippen molar-refractivity contribution in [1.82, 2.24) is 4.98 Å². The number of benzene rings is 1. The molecule has 1 aromatic carbocycles. The molecular weight excluding hydrogens is 356 g/mol. The number of alkyl halides is 2. The van der Waals surface area contributed by atoms with Gasteiger partial charge in [0.2, 0.25) is 5.92 Å². The Morgan fingerprint density at radius 3 is 2.68 bits per heavy atom. The Morgan fingerprint density at radius 1 is 1.32 bits per heavy atom. The maximum absolute atomic E-state index is 13.2. The van der Waals surface area contributed by atoms with Crippen molar-refractivity contribution in [3.05, 3.63) is 38.6 Å². The van der Waals surface area contributed by atoms with Crippen molar-refractivity contribution in [2.24, 2.45) is 5.92 Å². The van der Waals surface area contributed by atoms with Crippen LogP contribution >= 0.6 is 15.9 Å². The molecule has 1 aliphatic rings. The molecule has 2 N–H and O–H groups in total. The van der Waals surface area contributed by atoms with E-state index in [1.165, 1.54) is 0 Å². The molecule has 0 spiro atoms. The maximum atomic E-state index is 13.2. The zero-order valence-electron chi connectivity index (χ0n) is 11.8. The van der Waals surface area contributed by atoms with Crippen LogP contribution in [0.5, 0.6) is 5.75 Å². The third-order valence-corrected chi connectivity index (χ3v) is 4.87. The number of aromatic nitrogens is 1. The van der Waals surface area contributed by atoms with E-state index < -0.39 is 5.92 Å². The molecule has 6 heteroatoms. The van der Waals surface area contributed by atoms with E-state index in [-0.39, 0.29) is 30.1 Å². The molecule has 118 valence electrons. The molecule has 2 aromatic rings. The van der Waals surface area contributed by atoms with Gasteiger partial charge in [-0.05, 0) is 43.4 Å². The number of hydrogen-bond donors (Lipinski definition) is 2. The third-order valence-electron chi connectivity index (χ3n) is 4.37. The quantitative estimate of drug-likeness (QED) is 0.823. The van der Waals surface area contributed by atoms with E-state index in [0.717, 1.165) is 4.47 Å². The van der Waals surface area contributed by atoms with Gasteiger partial charge in [-0.15, -0.1) is 0 Å². The summed E-state index contributed by atoms with van der Waals surface area (Å²) in [6.45, 7) is 0. The van der Waals surface area contributed by atoms with E-state index in [2.05, 4.69) is 20.9 Å². The molecule has 1 aliphatic carbocycles. The first-order valence-corrected chi connectivity index (χ1v) is 8.06. The summed E-state index contributed by atoms with van der Waals surface area (Å²) in [6, 6.07) is 5.23. The van der Waals surface area contributed by atoms with Gasteiger partial charge in [0.05, 0.1) is 11.1 Å². The monoisotopic (exact) mass is 371 g/mol. The third kappa shape index (κ3) is 3.02. The van der Waals surface area contributed by atoms with Gasteiger partial charge in [0.1, 0.15) is 5.75 Å². The van der Waals surface area contributed by atoms with Crippen LogP contribution in [0.4, 0.5) is 8.78 Å². The second kappa shape index (κ2) is 5.65. The first-order chi connectivity index (χ1) is 10.4. The van der Waals surface area contributed by atoms with Crippen LogP contribution in [-0.4, -0.2) is 16.0 Å². The number of nitrogens with one attached hydrogen (secondary N) is 1. The molecule has 1 saturated carbocycles. The molecule has 1 fully saturated rings. The molecule has 0 amide bonds. The van der Waals surface area contributed by atoms with Gasteiger partial charge in [-0.1, -0.05) is 15.9 Å². The predicted octanol–water partition coefficient (Wildman–Crippen LogP) is 4.36. The minimum atomic E-state index is -2.58. The van der Waals surface area contributed by atoms with E-state index in [4.69, 9.17) is 0 Å². The zero-order chi connectivity index (χ0) is 15.9. The fourth-order valence-corrected chi connectivity index (χ4v) is 3.43. The molecule has 22 heavy (non-hydrogen) atoms. The Kier molecular flexibility index (Phi) is 3.97. The van der Waals surface area contributed by atoms with Crippen LogP contribution in [0.1, 0.15) is 31.2 Å². The highest BCUT2D eigenvalue weighted by molar-refractivity contribution is 9.10. The average molecular weight is 372 g/mol. The van der Waals surface area contributed by atoms with Crippen LogP contribution in [0.3, 0.4) is 0 Å². The lowest BCUT2D eigenvalue weighted by atomic mass is 9.83. The summed E-state index contributed by atoms with van der Waals surface area (Å²) in [5, 5.41) is 11.0. The average Bonchev–Trinajstić information content (AvgIpc) is 2.46. The lowest BCUT2D eigenvalue weighted by Crippen LogP contribution is -2.27. The summed E-state index contributed by atoms with van der Waals surface area (Å²) < 4.78 is 27.2. The second-order valence-electron chi connectivity index (χ2n) is 5.97. The predicted molar refractivity (Wildman–Crippen MR) is 84.5 cm³/mol. The summed E-state index contributed by atoms with van der Waals surface area (Å²) in [5.74, 6) is -2.62. The Balaban J connectivity index is 1.92. The number of aromatic amines is 1.